The number of amides is 1. The zero-order valence-corrected chi connectivity index (χ0v) is 14.7. The van der Waals surface area contributed by atoms with Crippen LogP contribution < -0.4 is 10.9 Å². The van der Waals surface area contributed by atoms with Crippen molar-refractivity contribution in [2.24, 2.45) is 0 Å². The van der Waals surface area contributed by atoms with E-state index in [-0.39, 0.29) is 24.1 Å². The zero-order chi connectivity index (χ0) is 17.1. The van der Waals surface area contributed by atoms with Gasteiger partial charge in [-0.1, -0.05) is 46.3 Å². The van der Waals surface area contributed by atoms with Gasteiger partial charge in [-0.15, -0.1) is 0 Å². The Hall–Kier alpha value is -2.47. The van der Waals surface area contributed by atoms with Crippen molar-refractivity contribution in [2.45, 2.75) is 19.5 Å². The van der Waals surface area contributed by atoms with Crippen LogP contribution in [0.1, 0.15) is 18.5 Å². The number of benzene rings is 2. The van der Waals surface area contributed by atoms with Gasteiger partial charge >= 0.3 is 0 Å². The van der Waals surface area contributed by atoms with Gasteiger partial charge in [-0.2, -0.15) is 5.10 Å². The number of carbonyl (C=O) groups excluding carboxylic acids is 1. The summed E-state index contributed by atoms with van der Waals surface area (Å²) in [5, 5.41) is 8.28. The molecule has 5 nitrogen and oxygen atoms in total. The van der Waals surface area contributed by atoms with E-state index in [1.54, 1.807) is 18.3 Å². The number of hydrogen-bond acceptors (Lipinski definition) is 3. The molecule has 122 valence electrons. The second-order valence-electron chi connectivity index (χ2n) is 5.54. The molecule has 24 heavy (non-hydrogen) atoms. The summed E-state index contributed by atoms with van der Waals surface area (Å²) in [5.74, 6) is -0.254. The molecule has 0 saturated carbocycles. The first kappa shape index (κ1) is 16.4. The number of fused-ring (bicyclic) bond motifs is 1. The summed E-state index contributed by atoms with van der Waals surface area (Å²) >= 11 is 3.38. The SMILES string of the molecule is CC(NC(=O)Cn1ncc2ccccc2c1=O)c1ccc(Br)cc1. The number of rotatable bonds is 4. The minimum atomic E-state index is -0.264. The van der Waals surface area contributed by atoms with Crippen LogP contribution in [-0.2, 0) is 11.3 Å². The fourth-order valence-corrected chi connectivity index (χ4v) is 2.76. The summed E-state index contributed by atoms with van der Waals surface area (Å²) in [6, 6.07) is 14.8. The average molecular weight is 386 g/mol. The molecule has 0 radical (unpaired) electrons. The molecule has 3 aromatic rings. The summed E-state index contributed by atoms with van der Waals surface area (Å²) in [4.78, 5) is 24.6. The van der Waals surface area contributed by atoms with E-state index in [0.717, 1.165) is 15.4 Å². The number of carbonyl (C=O) groups is 1. The molecule has 1 N–H and O–H groups in total. The molecule has 0 aliphatic rings. The molecule has 1 heterocycles. The van der Waals surface area contributed by atoms with E-state index in [1.165, 1.54) is 4.68 Å². The highest BCUT2D eigenvalue weighted by atomic mass is 79.9. The third kappa shape index (κ3) is 3.54. The maximum Gasteiger partial charge on any atom is 0.275 e. The topological polar surface area (TPSA) is 64.0 Å². The lowest BCUT2D eigenvalue weighted by Crippen LogP contribution is -2.34. The molecule has 0 spiro atoms. The van der Waals surface area contributed by atoms with Crippen molar-refractivity contribution >= 4 is 32.6 Å². The summed E-state index contributed by atoms with van der Waals surface area (Å²) < 4.78 is 2.17. The third-order valence-electron chi connectivity index (χ3n) is 3.80. The lowest BCUT2D eigenvalue weighted by molar-refractivity contribution is -0.122. The first-order valence-corrected chi connectivity index (χ1v) is 8.33. The summed E-state index contributed by atoms with van der Waals surface area (Å²) in [5.41, 5.74) is 0.727. The molecule has 3 rings (SSSR count). The van der Waals surface area contributed by atoms with E-state index < -0.39 is 0 Å². The van der Waals surface area contributed by atoms with E-state index in [0.29, 0.717) is 5.39 Å². The Labute approximate surface area is 147 Å². The maximum absolute atomic E-state index is 12.4. The van der Waals surface area contributed by atoms with E-state index in [1.807, 2.05) is 43.3 Å². The van der Waals surface area contributed by atoms with Crippen molar-refractivity contribution in [3.05, 3.63) is 75.1 Å². The van der Waals surface area contributed by atoms with Gasteiger partial charge in [0, 0.05) is 9.86 Å². The largest absolute Gasteiger partial charge is 0.348 e. The van der Waals surface area contributed by atoms with Gasteiger partial charge in [0.2, 0.25) is 5.91 Å². The van der Waals surface area contributed by atoms with Crippen molar-refractivity contribution < 1.29 is 4.79 Å². The van der Waals surface area contributed by atoms with Crippen LogP contribution in [0.5, 0.6) is 0 Å². The van der Waals surface area contributed by atoms with Crippen LogP contribution in [0.15, 0.2) is 64.0 Å². The van der Waals surface area contributed by atoms with Crippen molar-refractivity contribution in [3.8, 4) is 0 Å². The molecule has 0 fully saturated rings. The third-order valence-corrected chi connectivity index (χ3v) is 4.33. The van der Waals surface area contributed by atoms with Crippen LogP contribution >= 0.6 is 15.9 Å². The second-order valence-corrected chi connectivity index (χ2v) is 6.45. The highest BCUT2D eigenvalue weighted by Crippen LogP contribution is 2.16. The second kappa shape index (κ2) is 6.97. The standard InChI is InChI=1S/C18H16BrN3O2/c1-12(13-6-8-15(19)9-7-13)21-17(23)11-22-18(24)16-5-3-2-4-14(16)10-20-22/h2-10,12H,11H2,1H3,(H,21,23). The predicted octanol–water partition coefficient (Wildman–Crippen LogP) is 3.04. The fourth-order valence-electron chi connectivity index (χ4n) is 2.50. The zero-order valence-electron chi connectivity index (χ0n) is 13.1. The van der Waals surface area contributed by atoms with Gasteiger partial charge in [0.25, 0.3) is 5.56 Å². The van der Waals surface area contributed by atoms with Gasteiger partial charge in [-0.3, -0.25) is 9.59 Å². The molecule has 0 bridgehead atoms. The highest BCUT2D eigenvalue weighted by molar-refractivity contribution is 9.10. The predicted molar refractivity (Wildman–Crippen MR) is 96.7 cm³/mol. The summed E-state index contributed by atoms with van der Waals surface area (Å²) in [6.45, 7) is 1.79. The minimum Gasteiger partial charge on any atom is -0.348 e. The monoisotopic (exact) mass is 385 g/mol. The Morgan fingerprint density at radius 1 is 1.21 bits per heavy atom. The Morgan fingerprint density at radius 2 is 1.92 bits per heavy atom. The molecule has 1 amide bonds. The lowest BCUT2D eigenvalue weighted by atomic mass is 10.1. The highest BCUT2D eigenvalue weighted by Gasteiger charge is 2.12. The average Bonchev–Trinajstić information content (AvgIpc) is 2.58. The van der Waals surface area contributed by atoms with Crippen LogP contribution in [0, 0.1) is 0 Å². The van der Waals surface area contributed by atoms with Crippen LogP contribution in [0.25, 0.3) is 10.8 Å². The van der Waals surface area contributed by atoms with E-state index in [4.69, 9.17) is 0 Å². The molecule has 0 aliphatic carbocycles. The normalized spacial score (nSPS) is 12.1. The van der Waals surface area contributed by atoms with E-state index in [2.05, 4.69) is 26.3 Å². The van der Waals surface area contributed by atoms with Crippen LogP contribution in [0.4, 0.5) is 0 Å². The van der Waals surface area contributed by atoms with Crippen LogP contribution in [0.3, 0.4) is 0 Å². The van der Waals surface area contributed by atoms with Gasteiger partial charge < -0.3 is 5.32 Å². The summed E-state index contributed by atoms with van der Waals surface area (Å²) in [7, 11) is 0. The molecule has 0 saturated heterocycles. The Morgan fingerprint density at radius 3 is 2.67 bits per heavy atom. The number of halogens is 1. The molecule has 1 aromatic heterocycles. The van der Waals surface area contributed by atoms with Gasteiger partial charge in [-0.25, -0.2) is 4.68 Å². The summed E-state index contributed by atoms with van der Waals surface area (Å²) in [6.07, 6.45) is 1.60. The lowest BCUT2D eigenvalue weighted by Gasteiger charge is -2.15. The molecule has 0 aliphatic heterocycles. The smallest absolute Gasteiger partial charge is 0.275 e. The van der Waals surface area contributed by atoms with Crippen molar-refractivity contribution in [3.63, 3.8) is 0 Å². The number of aromatic nitrogens is 2. The van der Waals surface area contributed by atoms with E-state index in [9.17, 15) is 9.59 Å². The van der Waals surface area contributed by atoms with Gasteiger partial charge in [0.05, 0.1) is 17.6 Å². The molecular weight excluding hydrogens is 370 g/mol. The number of nitrogens with zero attached hydrogens (tertiary/aromatic N) is 2. The quantitative estimate of drug-likeness (QED) is 0.750. The minimum absolute atomic E-state index is 0.107. The Kier molecular flexibility index (Phi) is 4.76. The van der Waals surface area contributed by atoms with Crippen molar-refractivity contribution in [1.82, 2.24) is 15.1 Å². The van der Waals surface area contributed by atoms with Crippen molar-refractivity contribution in [1.29, 1.82) is 0 Å². The molecule has 2 aromatic carbocycles. The van der Waals surface area contributed by atoms with E-state index >= 15 is 0 Å². The van der Waals surface area contributed by atoms with Gasteiger partial charge in [0.15, 0.2) is 0 Å². The Balaban J connectivity index is 1.74. The molecule has 1 unspecified atom stereocenters. The maximum atomic E-state index is 12.4. The molecular formula is C18H16BrN3O2. The van der Waals surface area contributed by atoms with Crippen LogP contribution in [-0.4, -0.2) is 15.7 Å². The van der Waals surface area contributed by atoms with Gasteiger partial charge in [-0.05, 0) is 30.7 Å². The number of nitrogens with one attached hydrogen (secondary N) is 1. The van der Waals surface area contributed by atoms with Gasteiger partial charge in [0.1, 0.15) is 6.54 Å². The van der Waals surface area contributed by atoms with Crippen molar-refractivity contribution in [2.75, 3.05) is 0 Å². The Bertz CT molecular complexity index is 935. The first-order chi connectivity index (χ1) is 11.5. The van der Waals surface area contributed by atoms with Crippen LogP contribution in [0.2, 0.25) is 0 Å². The first-order valence-electron chi connectivity index (χ1n) is 7.54. The molecule has 6 heteroatoms. The number of hydrogen-bond donors (Lipinski definition) is 1. The fraction of sp³-hybridized carbons (Fsp3) is 0.167. The molecule has 1 atom stereocenters.